The van der Waals surface area contributed by atoms with Gasteiger partial charge >= 0.3 is 0 Å². The number of hydrogen-bond acceptors (Lipinski definition) is 4. The number of rotatable bonds is 8. The zero-order valence-electron chi connectivity index (χ0n) is 11.6. The second-order valence-corrected chi connectivity index (χ2v) is 4.44. The Morgan fingerprint density at radius 2 is 2.15 bits per heavy atom. The topological polar surface area (TPSA) is 47.3 Å². The highest BCUT2D eigenvalue weighted by atomic mass is 19.1. The minimum atomic E-state index is -0.295. The SMILES string of the molecule is COCCNCCCc1ncc(-c2ccccc2F)o1. The summed E-state index contributed by atoms with van der Waals surface area (Å²) in [5.74, 6) is 0.818. The van der Waals surface area contributed by atoms with Crippen LogP contribution in [0, 0.1) is 5.82 Å². The van der Waals surface area contributed by atoms with Crippen LogP contribution in [0.5, 0.6) is 0 Å². The summed E-state index contributed by atoms with van der Waals surface area (Å²) in [6.45, 7) is 2.42. The maximum atomic E-state index is 13.6. The molecule has 2 aromatic rings. The first kappa shape index (κ1) is 14.7. The lowest BCUT2D eigenvalue weighted by atomic mass is 10.2. The van der Waals surface area contributed by atoms with Gasteiger partial charge in [-0.1, -0.05) is 12.1 Å². The highest BCUT2D eigenvalue weighted by molar-refractivity contribution is 5.56. The number of halogens is 1. The highest BCUT2D eigenvalue weighted by Gasteiger charge is 2.09. The van der Waals surface area contributed by atoms with E-state index in [0.717, 1.165) is 25.9 Å². The van der Waals surface area contributed by atoms with Crippen LogP contribution >= 0.6 is 0 Å². The number of ether oxygens (including phenoxy) is 1. The van der Waals surface area contributed by atoms with Crippen molar-refractivity contribution in [2.24, 2.45) is 0 Å². The zero-order valence-corrected chi connectivity index (χ0v) is 11.6. The molecule has 0 saturated heterocycles. The molecule has 0 amide bonds. The summed E-state index contributed by atoms with van der Waals surface area (Å²) in [5, 5.41) is 3.25. The van der Waals surface area contributed by atoms with E-state index in [-0.39, 0.29) is 5.82 Å². The second kappa shape index (κ2) is 7.77. The minimum Gasteiger partial charge on any atom is -0.441 e. The van der Waals surface area contributed by atoms with E-state index in [1.807, 2.05) is 0 Å². The van der Waals surface area contributed by atoms with E-state index in [4.69, 9.17) is 9.15 Å². The Bertz CT molecular complexity index is 528. The van der Waals surface area contributed by atoms with Gasteiger partial charge in [-0.05, 0) is 25.1 Å². The van der Waals surface area contributed by atoms with Gasteiger partial charge in [0.2, 0.25) is 0 Å². The molecular weight excluding hydrogens is 259 g/mol. The number of oxazole rings is 1. The summed E-state index contributed by atoms with van der Waals surface area (Å²) in [7, 11) is 1.68. The molecule has 0 unspecified atom stereocenters. The van der Waals surface area contributed by atoms with Gasteiger partial charge in [-0.2, -0.15) is 0 Å². The molecule has 0 aliphatic rings. The molecule has 0 saturated carbocycles. The predicted molar refractivity (Wildman–Crippen MR) is 75.0 cm³/mol. The molecular formula is C15H19FN2O2. The fourth-order valence-corrected chi connectivity index (χ4v) is 1.88. The van der Waals surface area contributed by atoms with Crippen molar-refractivity contribution in [1.82, 2.24) is 10.3 Å². The standard InChI is InChI=1S/C15H19FN2O2/c1-19-10-9-17-8-4-7-15-18-11-14(20-15)12-5-2-3-6-13(12)16/h2-3,5-6,11,17H,4,7-10H2,1H3. The van der Waals surface area contributed by atoms with E-state index in [1.54, 1.807) is 31.5 Å². The maximum Gasteiger partial charge on any atom is 0.194 e. The van der Waals surface area contributed by atoms with Crippen molar-refractivity contribution in [3.63, 3.8) is 0 Å². The highest BCUT2D eigenvalue weighted by Crippen LogP contribution is 2.23. The Balaban J connectivity index is 1.82. The van der Waals surface area contributed by atoms with E-state index in [0.29, 0.717) is 23.8 Å². The van der Waals surface area contributed by atoms with E-state index in [1.165, 1.54) is 6.07 Å². The first-order chi connectivity index (χ1) is 9.81. The van der Waals surface area contributed by atoms with Crippen LogP contribution in [0.3, 0.4) is 0 Å². The summed E-state index contributed by atoms with van der Waals surface area (Å²) < 4.78 is 24.1. The van der Waals surface area contributed by atoms with Crippen molar-refractivity contribution in [2.75, 3.05) is 26.8 Å². The van der Waals surface area contributed by atoms with Gasteiger partial charge < -0.3 is 14.5 Å². The van der Waals surface area contributed by atoms with Gasteiger partial charge in [0.25, 0.3) is 0 Å². The van der Waals surface area contributed by atoms with Gasteiger partial charge in [-0.3, -0.25) is 0 Å². The molecule has 1 N–H and O–H groups in total. The summed E-state index contributed by atoms with van der Waals surface area (Å²) in [5.41, 5.74) is 0.449. The molecule has 0 radical (unpaired) electrons. The van der Waals surface area contributed by atoms with Crippen molar-refractivity contribution in [3.05, 3.63) is 42.2 Å². The smallest absolute Gasteiger partial charge is 0.194 e. The van der Waals surface area contributed by atoms with Crippen LogP contribution in [0.4, 0.5) is 4.39 Å². The number of nitrogens with one attached hydrogen (secondary N) is 1. The molecule has 2 rings (SSSR count). The predicted octanol–water partition coefficient (Wildman–Crippen LogP) is 2.65. The summed E-state index contributed by atoms with van der Waals surface area (Å²) >= 11 is 0. The van der Waals surface area contributed by atoms with Crippen LogP contribution in [0.2, 0.25) is 0 Å². The fraction of sp³-hybridized carbons (Fsp3) is 0.400. The van der Waals surface area contributed by atoms with Gasteiger partial charge in [0.15, 0.2) is 11.7 Å². The molecule has 108 valence electrons. The van der Waals surface area contributed by atoms with Crippen molar-refractivity contribution in [3.8, 4) is 11.3 Å². The van der Waals surface area contributed by atoms with Crippen LogP contribution in [-0.4, -0.2) is 31.8 Å². The zero-order chi connectivity index (χ0) is 14.2. The summed E-state index contributed by atoms with van der Waals surface area (Å²) in [6, 6.07) is 6.53. The Hall–Kier alpha value is -1.72. The molecule has 1 aromatic carbocycles. The molecule has 4 nitrogen and oxygen atoms in total. The number of aromatic nitrogens is 1. The van der Waals surface area contributed by atoms with Crippen molar-refractivity contribution >= 4 is 0 Å². The third-order valence-electron chi connectivity index (χ3n) is 2.92. The third-order valence-corrected chi connectivity index (χ3v) is 2.92. The lowest BCUT2D eigenvalue weighted by Crippen LogP contribution is -2.20. The van der Waals surface area contributed by atoms with Crippen molar-refractivity contribution in [2.45, 2.75) is 12.8 Å². The largest absolute Gasteiger partial charge is 0.441 e. The first-order valence-electron chi connectivity index (χ1n) is 6.70. The monoisotopic (exact) mass is 278 g/mol. The van der Waals surface area contributed by atoms with Gasteiger partial charge in [0.1, 0.15) is 5.82 Å². The number of hydrogen-bond donors (Lipinski definition) is 1. The lowest BCUT2D eigenvalue weighted by Gasteiger charge is -2.02. The van der Waals surface area contributed by atoms with Crippen LogP contribution < -0.4 is 5.32 Å². The average Bonchev–Trinajstić information content (AvgIpc) is 2.92. The first-order valence-corrected chi connectivity index (χ1v) is 6.70. The van der Waals surface area contributed by atoms with Crippen LogP contribution in [-0.2, 0) is 11.2 Å². The number of benzene rings is 1. The Morgan fingerprint density at radius 3 is 2.95 bits per heavy atom. The molecule has 0 aliphatic carbocycles. The second-order valence-electron chi connectivity index (χ2n) is 4.44. The summed E-state index contributed by atoms with van der Waals surface area (Å²) in [6.07, 6.45) is 3.22. The quantitative estimate of drug-likeness (QED) is 0.754. The molecule has 5 heteroatoms. The number of aryl methyl sites for hydroxylation is 1. The molecule has 0 fully saturated rings. The molecule has 0 aliphatic heterocycles. The third kappa shape index (κ3) is 4.15. The van der Waals surface area contributed by atoms with Crippen LogP contribution in [0.1, 0.15) is 12.3 Å². The van der Waals surface area contributed by atoms with Crippen LogP contribution in [0.25, 0.3) is 11.3 Å². The van der Waals surface area contributed by atoms with Gasteiger partial charge in [-0.15, -0.1) is 0 Å². The minimum absolute atomic E-state index is 0.295. The number of nitrogens with zero attached hydrogens (tertiary/aromatic N) is 1. The average molecular weight is 278 g/mol. The Kier molecular flexibility index (Phi) is 5.70. The molecule has 0 spiro atoms. The van der Waals surface area contributed by atoms with Crippen LogP contribution in [0.15, 0.2) is 34.9 Å². The Labute approximate surface area is 118 Å². The van der Waals surface area contributed by atoms with E-state index in [9.17, 15) is 4.39 Å². The van der Waals surface area contributed by atoms with Crippen molar-refractivity contribution < 1.29 is 13.5 Å². The molecule has 0 atom stereocenters. The lowest BCUT2D eigenvalue weighted by molar-refractivity contribution is 0.199. The van der Waals surface area contributed by atoms with Gasteiger partial charge in [-0.25, -0.2) is 9.37 Å². The Morgan fingerprint density at radius 1 is 1.30 bits per heavy atom. The van der Waals surface area contributed by atoms with Crippen molar-refractivity contribution in [1.29, 1.82) is 0 Å². The van der Waals surface area contributed by atoms with E-state index in [2.05, 4.69) is 10.3 Å². The molecule has 1 heterocycles. The molecule has 1 aromatic heterocycles. The van der Waals surface area contributed by atoms with Gasteiger partial charge in [0.05, 0.1) is 18.4 Å². The maximum absolute atomic E-state index is 13.6. The van der Waals surface area contributed by atoms with E-state index >= 15 is 0 Å². The molecule has 0 bridgehead atoms. The number of methoxy groups -OCH3 is 1. The molecule has 20 heavy (non-hydrogen) atoms. The van der Waals surface area contributed by atoms with Gasteiger partial charge in [0, 0.05) is 20.1 Å². The summed E-state index contributed by atoms with van der Waals surface area (Å²) in [4.78, 5) is 4.18. The fourth-order valence-electron chi connectivity index (χ4n) is 1.88. The normalized spacial score (nSPS) is 10.9. The van der Waals surface area contributed by atoms with E-state index < -0.39 is 0 Å².